The van der Waals surface area contributed by atoms with Crippen molar-refractivity contribution < 1.29 is 0 Å². The van der Waals surface area contributed by atoms with E-state index in [-0.39, 0.29) is 0 Å². The first-order valence-electron chi connectivity index (χ1n) is 4.78. The van der Waals surface area contributed by atoms with Gasteiger partial charge in [0.1, 0.15) is 0 Å². The number of hydrogen-bond acceptors (Lipinski definition) is 1. The lowest BCUT2D eigenvalue weighted by molar-refractivity contribution is 1.24. The van der Waals surface area contributed by atoms with Gasteiger partial charge < -0.3 is 0 Å². The summed E-state index contributed by atoms with van der Waals surface area (Å²) >= 11 is 0. The van der Waals surface area contributed by atoms with Crippen LogP contribution in [0.4, 0.5) is 0 Å². The van der Waals surface area contributed by atoms with Crippen molar-refractivity contribution in [2.24, 2.45) is 4.99 Å². The zero-order valence-electron chi connectivity index (χ0n) is 9.54. The van der Waals surface area contributed by atoms with Crippen LogP contribution in [-0.2, 0) is 0 Å². The van der Waals surface area contributed by atoms with E-state index in [2.05, 4.69) is 11.6 Å². The van der Waals surface area contributed by atoms with E-state index < -0.39 is 0 Å². The fraction of sp³-hybridized carbons (Fsp3) is 0.308. The predicted molar refractivity (Wildman–Crippen MR) is 65.6 cm³/mol. The number of nitrogens with zero attached hydrogens (tertiary/aromatic N) is 1. The molecule has 0 saturated carbocycles. The summed E-state index contributed by atoms with van der Waals surface area (Å²) in [5.41, 5.74) is 3.14. The van der Waals surface area contributed by atoms with E-state index in [0.29, 0.717) is 0 Å². The van der Waals surface area contributed by atoms with Crippen LogP contribution < -0.4 is 0 Å². The average molecular weight is 189 g/mol. The summed E-state index contributed by atoms with van der Waals surface area (Å²) in [5, 5.41) is 0. The minimum atomic E-state index is 0.994. The van der Waals surface area contributed by atoms with Gasteiger partial charge in [-0.05, 0) is 44.9 Å². The monoisotopic (exact) mass is 189 g/mol. The van der Waals surface area contributed by atoms with Crippen LogP contribution in [-0.4, -0.2) is 6.21 Å². The van der Waals surface area contributed by atoms with Crippen molar-refractivity contribution in [3.63, 3.8) is 0 Å². The topological polar surface area (TPSA) is 12.4 Å². The lowest BCUT2D eigenvalue weighted by Gasteiger charge is -2.02. The third kappa shape index (κ3) is 4.61. The van der Waals surface area contributed by atoms with Gasteiger partial charge in [-0.3, -0.25) is 4.99 Å². The Hall–Kier alpha value is -1.37. The van der Waals surface area contributed by atoms with Crippen molar-refractivity contribution >= 4 is 6.21 Å². The third-order valence-electron chi connectivity index (χ3n) is 1.73. The van der Waals surface area contributed by atoms with Crippen LogP contribution in [0, 0.1) is 0 Å². The highest BCUT2D eigenvalue weighted by molar-refractivity contribution is 5.72. The molecule has 0 aromatic heterocycles. The molecule has 76 valence electrons. The van der Waals surface area contributed by atoms with E-state index in [4.69, 9.17) is 0 Å². The van der Waals surface area contributed by atoms with Gasteiger partial charge in [0.05, 0.1) is 0 Å². The molecule has 0 heterocycles. The fourth-order valence-corrected chi connectivity index (χ4v) is 1.05. The molecule has 0 rings (SSSR count). The first-order chi connectivity index (χ1) is 6.63. The van der Waals surface area contributed by atoms with Gasteiger partial charge in [-0.2, -0.15) is 0 Å². The van der Waals surface area contributed by atoms with Crippen LogP contribution in [0.1, 0.15) is 27.7 Å². The van der Waals surface area contributed by atoms with Gasteiger partial charge in [0.25, 0.3) is 0 Å². The Balaban J connectivity index is 4.90. The minimum Gasteiger partial charge on any atom is -0.261 e. The molecule has 1 nitrogen and oxygen atoms in total. The van der Waals surface area contributed by atoms with Crippen molar-refractivity contribution in [2.45, 2.75) is 27.7 Å². The van der Waals surface area contributed by atoms with Crippen molar-refractivity contribution in [2.75, 3.05) is 0 Å². The number of hydrogen-bond donors (Lipinski definition) is 0. The summed E-state index contributed by atoms with van der Waals surface area (Å²) < 4.78 is 0. The predicted octanol–water partition coefficient (Wildman–Crippen LogP) is 4.06. The molecular weight excluding hydrogens is 170 g/mol. The van der Waals surface area contributed by atoms with Crippen molar-refractivity contribution in [3.8, 4) is 0 Å². The molecule has 0 N–H and O–H groups in total. The molecule has 0 aromatic rings. The Morgan fingerprint density at radius 2 is 1.79 bits per heavy atom. The van der Waals surface area contributed by atoms with Crippen LogP contribution in [0.3, 0.4) is 0 Å². The smallest absolute Gasteiger partial charge is 0.0447 e. The molecule has 0 fully saturated rings. The fourth-order valence-electron chi connectivity index (χ4n) is 1.05. The van der Waals surface area contributed by atoms with Crippen LogP contribution in [0.2, 0.25) is 0 Å². The molecule has 0 saturated heterocycles. The summed E-state index contributed by atoms with van der Waals surface area (Å²) in [6.07, 6.45) is 9.69. The molecule has 0 unspecified atom stereocenters. The number of allylic oxidation sites excluding steroid dienone is 7. The van der Waals surface area contributed by atoms with E-state index in [9.17, 15) is 0 Å². The summed E-state index contributed by atoms with van der Waals surface area (Å²) in [4.78, 5) is 4.31. The van der Waals surface area contributed by atoms with E-state index in [1.807, 2.05) is 52.0 Å². The lowest BCUT2D eigenvalue weighted by atomic mass is 10.1. The molecule has 0 aliphatic rings. The summed E-state index contributed by atoms with van der Waals surface area (Å²) in [6, 6.07) is 0. The highest BCUT2D eigenvalue weighted by Crippen LogP contribution is 2.14. The molecule has 0 aromatic carbocycles. The van der Waals surface area contributed by atoms with Crippen molar-refractivity contribution in [1.29, 1.82) is 0 Å². The van der Waals surface area contributed by atoms with Crippen molar-refractivity contribution in [1.82, 2.24) is 0 Å². The zero-order valence-corrected chi connectivity index (χ0v) is 9.54. The maximum Gasteiger partial charge on any atom is 0.0447 e. The second-order valence-electron chi connectivity index (χ2n) is 3.08. The van der Waals surface area contributed by atoms with Gasteiger partial charge >= 0.3 is 0 Å². The molecule has 0 aliphatic carbocycles. The van der Waals surface area contributed by atoms with Crippen LogP contribution >= 0.6 is 0 Å². The quantitative estimate of drug-likeness (QED) is 0.467. The molecule has 1 heteroatoms. The number of rotatable bonds is 4. The molecule has 0 aliphatic heterocycles. The number of aliphatic imine (C=N–C) groups is 1. The summed E-state index contributed by atoms with van der Waals surface area (Å²) in [5.74, 6) is 0. The second-order valence-corrected chi connectivity index (χ2v) is 3.08. The van der Waals surface area contributed by atoms with E-state index >= 15 is 0 Å². The third-order valence-corrected chi connectivity index (χ3v) is 1.73. The van der Waals surface area contributed by atoms with Gasteiger partial charge in [0, 0.05) is 11.9 Å². The molecule has 14 heavy (non-hydrogen) atoms. The highest BCUT2D eigenvalue weighted by atomic mass is 14.7. The molecule has 0 spiro atoms. The Morgan fingerprint density at radius 3 is 2.21 bits per heavy atom. The zero-order chi connectivity index (χ0) is 11.0. The Morgan fingerprint density at radius 1 is 1.14 bits per heavy atom. The SMILES string of the molecule is C=C(C)C(/C=C\C)=C(C)\N=C/C=C\C. The van der Waals surface area contributed by atoms with Crippen LogP contribution in [0.15, 0.2) is 52.7 Å². The first-order valence-corrected chi connectivity index (χ1v) is 4.78. The molecule has 0 atom stereocenters. The summed E-state index contributed by atoms with van der Waals surface area (Å²) in [6.45, 7) is 11.9. The standard InChI is InChI=1S/C13H19N/c1-6-8-10-14-12(5)13(9-7-2)11(3)4/h6-10H,3H2,1-2,4-5H3/b8-6-,9-7-,13-12-,14-10-. The molecular formula is C13H19N. The van der Waals surface area contributed by atoms with Gasteiger partial charge in [0.15, 0.2) is 0 Å². The van der Waals surface area contributed by atoms with E-state index in [1.54, 1.807) is 6.21 Å². The second kappa shape index (κ2) is 7.07. The first kappa shape index (κ1) is 12.6. The maximum absolute atomic E-state index is 4.31. The Labute approximate surface area is 87.3 Å². The van der Waals surface area contributed by atoms with Crippen LogP contribution in [0.5, 0.6) is 0 Å². The van der Waals surface area contributed by atoms with E-state index in [1.165, 1.54) is 0 Å². The average Bonchev–Trinajstić information content (AvgIpc) is 2.13. The van der Waals surface area contributed by atoms with Crippen LogP contribution in [0.25, 0.3) is 0 Å². The minimum absolute atomic E-state index is 0.994. The normalized spacial score (nSPS) is 14.3. The lowest BCUT2D eigenvalue weighted by Crippen LogP contribution is -1.84. The molecule has 0 amide bonds. The van der Waals surface area contributed by atoms with Gasteiger partial charge in [-0.1, -0.05) is 24.8 Å². The Kier molecular flexibility index (Phi) is 6.38. The van der Waals surface area contributed by atoms with Gasteiger partial charge in [-0.25, -0.2) is 0 Å². The highest BCUT2D eigenvalue weighted by Gasteiger charge is 1.96. The van der Waals surface area contributed by atoms with Crippen molar-refractivity contribution in [3.05, 3.63) is 47.7 Å². The largest absolute Gasteiger partial charge is 0.261 e. The molecule has 0 bridgehead atoms. The molecule has 0 radical (unpaired) electrons. The van der Waals surface area contributed by atoms with Gasteiger partial charge in [0.2, 0.25) is 0 Å². The van der Waals surface area contributed by atoms with Gasteiger partial charge in [-0.15, -0.1) is 0 Å². The Bertz CT molecular complexity index is 301. The van der Waals surface area contributed by atoms with E-state index in [0.717, 1.165) is 16.8 Å². The summed E-state index contributed by atoms with van der Waals surface area (Å²) in [7, 11) is 0. The maximum atomic E-state index is 4.31.